The van der Waals surface area contributed by atoms with E-state index in [1.807, 2.05) is 0 Å². The van der Waals surface area contributed by atoms with Gasteiger partial charge in [0.15, 0.2) is 11.9 Å². The second-order valence-electron chi connectivity index (χ2n) is 8.21. The molecule has 0 bridgehead atoms. The Hall–Kier alpha value is -3.70. The molecular weight excluding hydrogens is 603 g/mol. The van der Waals surface area contributed by atoms with Crippen LogP contribution in [0.2, 0.25) is 5.02 Å². The summed E-state index contributed by atoms with van der Waals surface area (Å²) in [6.07, 6.45) is -4.34. The van der Waals surface area contributed by atoms with Gasteiger partial charge in [-0.1, -0.05) is 35.9 Å². The van der Waals surface area contributed by atoms with Crippen LogP contribution >= 0.6 is 27.5 Å². The highest BCUT2D eigenvalue weighted by Crippen LogP contribution is 2.34. The molecule has 3 aromatic carbocycles. The molecule has 0 unspecified atom stereocenters. The number of nitrogens with zero attached hydrogens (tertiary/aromatic N) is 3. The SMILES string of the molecule is CCOC(=O)[C@@H](C)Oc1c(Br)cc(Cl)cc1C=Nn1c(-c2cccc(C(F)(F)F)c2)nc2ccccc2c1=O. The number of halogens is 5. The average Bonchev–Trinajstić information content (AvgIpc) is 2.89. The Kier molecular flexibility index (Phi) is 8.41. The number of carbonyl (C=O) groups is 1. The van der Waals surface area contributed by atoms with E-state index in [0.717, 1.165) is 16.8 Å². The van der Waals surface area contributed by atoms with Crippen LogP contribution in [-0.2, 0) is 15.7 Å². The van der Waals surface area contributed by atoms with Crippen molar-refractivity contribution >= 4 is 50.6 Å². The van der Waals surface area contributed by atoms with E-state index in [9.17, 15) is 22.8 Å². The highest BCUT2D eigenvalue weighted by Gasteiger charge is 2.31. The lowest BCUT2D eigenvalue weighted by Crippen LogP contribution is -2.26. The van der Waals surface area contributed by atoms with Crippen LogP contribution in [0.25, 0.3) is 22.3 Å². The first-order chi connectivity index (χ1) is 18.5. The van der Waals surface area contributed by atoms with Gasteiger partial charge in [0.1, 0.15) is 5.75 Å². The molecule has 0 N–H and O–H groups in total. The number of para-hydroxylation sites is 1. The van der Waals surface area contributed by atoms with Crippen molar-refractivity contribution in [2.24, 2.45) is 5.10 Å². The Morgan fingerprint density at radius 1 is 1.18 bits per heavy atom. The Morgan fingerprint density at radius 2 is 1.92 bits per heavy atom. The third kappa shape index (κ3) is 6.31. The van der Waals surface area contributed by atoms with Gasteiger partial charge in [-0.3, -0.25) is 4.79 Å². The fraction of sp³-hybridized carbons (Fsp3) is 0.185. The van der Waals surface area contributed by atoms with Crippen LogP contribution in [0.3, 0.4) is 0 Å². The fourth-order valence-corrected chi connectivity index (χ4v) is 4.58. The fourth-order valence-electron chi connectivity index (χ4n) is 3.66. The largest absolute Gasteiger partial charge is 0.477 e. The first-order valence-electron chi connectivity index (χ1n) is 11.6. The van der Waals surface area contributed by atoms with E-state index < -0.39 is 29.4 Å². The number of fused-ring (bicyclic) bond motifs is 1. The molecule has 0 radical (unpaired) electrons. The second-order valence-corrected chi connectivity index (χ2v) is 9.50. The summed E-state index contributed by atoms with van der Waals surface area (Å²) in [7, 11) is 0. The third-order valence-electron chi connectivity index (χ3n) is 5.46. The molecule has 4 aromatic rings. The molecule has 0 aliphatic carbocycles. The number of esters is 1. The van der Waals surface area contributed by atoms with E-state index in [1.54, 1.807) is 31.2 Å². The van der Waals surface area contributed by atoms with Crippen molar-refractivity contribution in [3.8, 4) is 17.1 Å². The Balaban J connectivity index is 1.88. The van der Waals surface area contributed by atoms with Crippen molar-refractivity contribution in [2.45, 2.75) is 26.1 Å². The van der Waals surface area contributed by atoms with Gasteiger partial charge in [-0.25, -0.2) is 9.78 Å². The summed E-state index contributed by atoms with van der Waals surface area (Å²) in [5.41, 5.74) is -0.905. The third-order valence-corrected chi connectivity index (χ3v) is 6.27. The Labute approximate surface area is 234 Å². The standard InChI is InChI=1S/C27H20BrClF3N3O4/c1-3-38-26(37)15(2)39-23-17(12-19(29)13-21(23)28)14-33-35-24(16-7-6-8-18(11-16)27(30,31)32)34-22-10-5-4-9-20(22)25(35)36/h4-15H,3H2,1-2H3/t15-/m1/s1. The van der Waals surface area contributed by atoms with Gasteiger partial charge >= 0.3 is 12.1 Å². The van der Waals surface area contributed by atoms with Crippen LogP contribution in [0.4, 0.5) is 13.2 Å². The summed E-state index contributed by atoms with van der Waals surface area (Å²) in [6.45, 7) is 3.33. The highest BCUT2D eigenvalue weighted by atomic mass is 79.9. The van der Waals surface area contributed by atoms with Gasteiger partial charge in [-0.15, -0.1) is 0 Å². The van der Waals surface area contributed by atoms with Gasteiger partial charge < -0.3 is 9.47 Å². The van der Waals surface area contributed by atoms with Crippen molar-refractivity contribution in [2.75, 3.05) is 6.61 Å². The molecule has 0 aliphatic rings. The molecule has 1 aromatic heterocycles. The minimum atomic E-state index is -4.60. The number of hydrogen-bond donors (Lipinski definition) is 0. The number of benzene rings is 3. The Morgan fingerprint density at radius 3 is 2.64 bits per heavy atom. The highest BCUT2D eigenvalue weighted by molar-refractivity contribution is 9.10. The molecule has 0 fully saturated rings. The molecule has 0 amide bonds. The normalized spacial score (nSPS) is 12.6. The quantitative estimate of drug-likeness (QED) is 0.169. The second kappa shape index (κ2) is 11.6. The van der Waals surface area contributed by atoms with Crippen molar-refractivity contribution in [1.82, 2.24) is 9.66 Å². The number of carbonyl (C=O) groups excluding carboxylic acids is 1. The average molecular weight is 623 g/mol. The van der Waals surface area contributed by atoms with E-state index in [4.69, 9.17) is 21.1 Å². The molecule has 1 heterocycles. The molecule has 0 saturated heterocycles. The summed E-state index contributed by atoms with van der Waals surface area (Å²) in [4.78, 5) is 30.0. The monoisotopic (exact) mass is 621 g/mol. The van der Waals surface area contributed by atoms with Gasteiger partial charge in [0.25, 0.3) is 5.56 Å². The lowest BCUT2D eigenvalue weighted by Gasteiger charge is -2.17. The van der Waals surface area contributed by atoms with Gasteiger partial charge in [0, 0.05) is 16.1 Å². The molecule has 0 spiro atoms. The van der Waals surface area contributed by atoms with Gasteiger partial charge in [-0.05, 0) is 66.2 Å². The number of aromatic nitrogens is 2. The number of ether oxygens (including phenoxy) is 2. The first-order valence-corrected chi connectivity index (χ1v) is 12.7. The molecule has 0 aliphatic heterocycles. The van der Waals surface area contributed by atoms with Crippen LogP contribution in [0.5, 0.6) is 5.75 Å². The molecule has 1 atom stereocenters. The predicted octanol–water partition coefficient (Wildman–Crippen LogP) is 6.71. The summed E-state index contributed by atoms with van der Waals surface area (Å²) >= 11 is 9.58. The maximum atomic E-state index is 13.4. The zero-order chi connectivity index (χ0) is 28.3. The van der Waals surface area contributed by atoms with Gasteiger partial charge in [-0.2, -0.15) is 22.9 Å². The van der Waals surface area contributed by atoms with Crippen LogP contribution in [0.15, 0.2) is 75.0 Å². The first kappa shape index (κ1) is 28.3. The summed E-state index contributed by atoms with van der Waals surface area (Å²) in [5, 5.41) is 4.79. The predicted molar refractivity (Wildman–Crippen MR) is 145 cm³/mol. The lowest BCUT2D eigenvalue weighted by atomic mass is 10.1. The molecule has 4 rings (SSSR count). The van der Waals surface area contributed by atoms with Crippen LogP contribution < -0.4 is 10.3 Å². The molecule has 0 saturated carbocycles. The Bertz CT molecular complexity index is 1640. The van der Waals surface area contributed by atoms with Gasteiger partial charge in [0.2, 0.25) is 0 Å². The summed E-state index contributed by atoms with van der Waals surface area (Å²) < 4.78 is 52.4. The van der Waals surface area contributed by atoms with Crippen molar-refractivity contribution < 1.29 is 27.4 Å². The van der Waals surface area contributed by atoms with Crippen molar-refractivity contribution in [3.05, 3.63) is 91.6 Å². The maximum absolute atomic E-state index is 13.4. The molecular formula is C27H20BrClF3N3O4. The van der Waals surface area contributed by atoms with Crippen molar-refractivity contribution in [1.29, 1.82) is 0 Å². The van der Waals surface area contributed by atoms with Crippen LogP contribution in [-0.4, -0.2) is 34.6 Å². The van der Waals surface area contributed by atoms with E-state index in [1.165, 1.54) is 37.4 Å². The maximum Gasteiger partial charge on any atom is 0.416 e. The minimum Gasteiger partial charge on any atom is -0.477 e. The zero-order valence-corrected chi connectivity index (χ0v) is 22.8. The van der Waals surface area contributed by atoms with Crippen molar-refractivity contribution in [3.63, 3.8) is 0 Å². The summed E-state index contributed by atoms with van der Waals surface area (Å²) in [5.74, 6) is -0.514. The van der Waals surface area contributed by atoms with Gasteiger partial charge in [0.05, 0.1) is 33.8 Å². The van der Waals surface area contributed by atoms with E-state index in [2.05, 4.69) is 26.0 Å². The molecule has 7 nitrogen and oxygen atoms in total. The van der Waals surface area contributed by atoms with Crippen LogP contribution in [0, 0.1) is 0 Å². The van der Waals surface area contributed by atoms with E-state index >= 15 is 0 Å². The molecule has 39 heavy (non-hydrogen) atoms. The van der Waals surface area contributed by atoms with E-state index in [0.29, 0.717) is 15.0 Å². The molecule has 202 valence electrons. The number of alkyl halides is 3. The smallest absolute Gasteiger partial charge is 0.416 e. The number of hydrogen-bond acceptors (Lipinski definition) is 6. The summed E-state index contributed by atoms with van der Waals surface area (Å²) in [6, 6.07) is 13.9. The molecule has 12 heteroatoms. The zero-order valence-electron chi connectivity index (χ0n) is 20.5. The minimum absolute atomic E-state index is 0.0320. The number of rotatable bonds is 7. The van der Waals surface area contributed by atoms with E-state index in [-0.39, 0.29) is 34.7 Å². The van der Waals surface area contributed by atoms with Crippen LogP contribution in [0.1, 0.15) is 25.0 Å². The lowest BCUT2D eigenvalue weighted by molar-refractivity contribution is -0.150. The topological polar surface area (TPSA) is 82.8 Å².